The van der Waals surface area contributed by atoms with Crippen molar-refractivity contribution in [3.05, 3.63) is 53.0 Å². The number of aromatic nitrogens is 2. The van der Waals surface area contributed by atoms with Crippen molar-refractivity contribution in [1.29, 1.82) is 0 Å². The van der Waals surface area contributed by atoms with Gasteiger partial charge in [-0.25, -0.2) is 14.3 Å². The highest BCUT2D eigenvalue weighted by atomic mass is 35.5. The van der Waals surface area contributed by atoms with Gasteiger partial charge in [-0.1, -0.05) is 11.6 Å². The monoisotopic (exact) mass is 377 g/mol. The van der Waals surface area contributed by atoms with Gasteiger partial charge in [0.1, 0.15) is 12.4 Å². The lowest BCUT2D eigenvalue weighted by atomic mass is 10.1. The van der Waals surface area contributed by atoms with E-state index in [1.165, 1.54) is 19.1 Å². The smallest absolute Gasteiger partial charge is 0.355 e. The maximum absolute atomic E-state index is 12.4. The number of carbonyl (C=O) groups excluding carboxylic acids is 2. The minimum absolute atomic E-state index is 0.0273. The highest BCUT2D eigenvalue weighted by Crippen LogP contribution is 2.33. The molecule has 0 fully saturated rings. The van der Waals surface area contributed by atoms with E-state index in [9.17, 15) is 9.59 Å². The van der Waals surface area contributed by atoms with Crippen LogP contribution < -0.4 is 4.90 Å². The number of rotatable bonds is 4. The van der Waals surface area contributed by atoms with Crippen molar-refractivity contribution in [1.82, 2.24) is 9.78 Å². The van der Waals surface area contributed by atoms with Gasteiger partial charge in [-0.2, -0.15) is 5.10 Å². The SMILES string of the molecule is COC(=O)C1=C(C(=O)OC)N(c2cc(Cl)ccc2-n2cccn2)COC1. The van der Waals surface area contributed by atoms with Gasteiger partial charge in [0.25, 0.3) is 0 Å². The molecule has 1 aliphatic heterocycles. The Bertz CT molecular complexity index is 863. The number of anilines is 1. The van der Waals surface area contributed by atoms with E-state index in [1.54, 1.807) is 41.3 Å². The molecule has 1 aromatic heterocycles. The first-order chi connectivity index (χ1) is 12.6. The number of hydrogen-bond acceptors (Lipinski definition) is 7. The van der Waals surface area contributed by atoms with E-state index in [0.29, 0.717) is 16.4 Å². The van der Waals surface area contributed by atoms with E-state index in [1.807, 2.05) is 0 Å². The van der Waals surface area contributed by atoms with Crippen molar-refractivity contribution >= 4 is 29.2 Å². The van der Waals surface area contributed by atoms with E-state index >= 15 is 0 Å². The van der Waals surface area contributed by atoms with Crippen LogP contribution in [0.1, 0.15) is 0 Å². The van der Waals surface area contributed by atoms with Crippen molar-refractivity contribution in [2.45, 2.75) is 0 Å². The lowest BCUT2D eigenvalue weighted by Crippen LogP contribution is -2.39. The molecule has 0 amide bonds. The van der Waals surface area contributed by atoms with Crippen LogP contribution in [-0.4, -0.2) is 49.3 Å². The van der Waals surface area contributed by atoms with E-state index in [2.05, 4.69) is 5.10 Å². The van der Waals surface area contributed by atoms with Crippen LogP contribution >= 0.6 is 11.6 Å². The van der Waals surface area contributed by atoms with Gasteiger partial charge in [-0.15, -0.1) is 0 Å². The topological polar surface area (TPSA) is 82.9 Å². The van der Waals surface area contributed by atoms with Crippen molar-refractivity contribution in [2.75, 3.05) is 32.5 Å². The molecular formula is C17H16ClN3O5. The van der Waals surface area contributed by atoms with E-state index < -0.39 is 11.9 Å². The fourth-order valence-electron chi connectivity index (χ4n) is 2.65. The average molecular weight is 378 g/mol. The quantitative estimate of drug-likeness (QED) is 0.753. The summed E-state index contributed by atoms with van der Waals surface area (Å²) in [5, 5.41) is 4.66. The number of hydrogen-bond donors (Lipinski definition) is 0. The van der Waals surface area contributed by atoms with Crippen molar-refractivity contribution in [3.8, 4) is 5.69 Å². The Balaban J connectivity index is 2.20. The molecule has 0 radical (unpaired) electrons. The Morgan fingerprint density at radius 3 is 2.62 bits per heavy atom. The Hall–Kier alpha value is -2.84. The predicted octanol–water partition coefficient (Wildman–Crippen LogP) is 1.92. The summed E-state index contributed by atoms with van der Waals surface area (Å²) in [4.78, 5) is 26.1. The third-order valence-corrected chi connectivity index (χ3v) is 4.05. The lowest BCUT2D eigenvalue weighted by Gasteiger charge is -2.32. The molecule has 9 heteroatoms. The Morgan fingerprint density at radius 1 is 1.19 bits per heavy atom. The fraction of sp³-hybridized carbons (Fsp3) is 0.235. The first-order valence-corrected chi connectivity index (χ1v) is 7.99. The second kappa shape index (κ2) is 7.59. The number of esters is 2. The van der Waals surface area contributed by atoms with Gasteiger partial charge in [-0.05, 0) is 24.3 Å². The summed E-state index contributed by atoms with van der Waals surface area (Å²) in [6, 6.07) is 6.88. The fourth-order valence-corrected chi connectivity index (χ4v) is 2.82. The van der Waals surface area contributed by atoms with Crippen molar-refractivity contribution in [3.63, 3.8) is 0 Å². The zero-order valence-corrected chi connectivity index (χ0v) is 14.9. The van der Waals surface area contributed by atoms with Gasteiger partial charge in [0, 0.05) is 17.4 Å². The molecule has 2 heterocycles. The van der Waals surface area contributed by atoms with Gasteiger partial charge in [0.2, 0.25) is 0 Å². The molecule has 1 aromatic carbocycles. The second-order valence-corrected chi connectivity index (χ2v) is 5.74. The molecule has 0 aliphatic carbocycles. The lowest BCUT2D eigenvalue weighted by molar-refractivity contribution is -0.140. The van der Waals surface area contributed by atoms with Crippen molar-refractivity contribution < 1.29 is 23.8 Å². The number of carbonyl (C=O) groups is 2. The summed E-state index contributed by atoms with van der Waals surface area (Å²) >= 11 is 6.16. The summed E-state index contributed by atoms with van der Waals surface area (Å²) < 4.78 is 16.8. The molecule has 0 saturated heterocycles. The minimum Gasteiger partial charge on any atom is -0.466 e. The van der Waals surface area contributed by atoms with Crippen LogP contribution in [0.4, 0.5) is 5.69 Å². The summed E-state index contributed by atoms with van der Waals surface area (Å²) in [6.45, 7) is -0.0369. The molecule has 0 spiro atoms. The summed E-state index contributed by atoms with van der Waals surface area (Å²) in [6.07, 6.45) is 3.38. The zero-order chi connectivity index (χ0) is 18.7. The predicted molar refractivity (Wildman–Crippen MR) is 92.9 cm³/mol. The Morgan fingerprint density at radius 2 is 1.96 bits per heavy atom. The number of nitrogens with zero attached hydrogens (tertiary/aromatic N) is 3. The van der Waals surface area contributed by atoms with Gasteiger partial charge in [0.05, 0.1) is 37.8 Å². The largest absolute Gasteiger partial charge is 0.466 e. The average Bonchev–Trinajstić information content (AvgIpc) is 3.20. The van der Waals surface area contributed by atoms with E-state index in [0.717, 1.165) is 0 Å². The maximum Gasteiger partial charge on any atom is 0.355 e. The third kappa shape index (κ3) is 3.29. The standard InChI is InChI=1S/C17H16ClN3O5/c1-24-16(22)12-9-26-10-20(15(12)17(23)25-2)14-8-11(18)4-5-13(14)21-7-3-6-19-21/h3-8H,9-10H2,1-2H3. The van der Waals surface area contributed by atoms with Gasteiger partial charge in [-0.3, -0.25) is 0 Å². The molecular weight excluding hydrogens is 362 g/mol. The Kier molecular flexibility index (Phi) is 5.24. The zero-order valence-electron chi connectivity index (χ0n) is 14.1. The molecule has 1 aliphatic rings. The van der Waals surface area contributed by atoms with Gasteiger partial charge in [0.15, 0.2) is 0 Å². The van der Waals surface area contributed by atoms with Crippen LogP contribution in [0.5, 0.6) is 0 Å². The molecule has 0 N–H and O–H groups in total. The molecule has 136 valence electrons. The molecule has 2 aromatic rings. The molecule has 0 unspecified atom stereocenters. The molecule has 0 saturated carbocycles. The first-order valence-electron chi connectivity index (χ1n) is 7.61. The second-order valence-electron chi connectivity index (χ2n) is 5.30. The van der Waals surface area contributed by atoms with Gasteiger partial charge >= 0.3 is 11.9 Å². The van der Waals surface area contributed by atoms with Crippen LogP contribution in [0, 0.1) is 0 Å². The summed E-state index contributed by atoms with van der Waals surface area (Å²) in [5.74, 6) is -1.35. The molecule has 26 heavy (non-hydrogen) atoms. The van der Waals surface area contributed by atoms with Crippen LogP contribution in [0.25, 0.3) is 5.69 Å². The maximum atomic E-state index is 12.4. The van der Waals surface area contributed by atoms with Crippen LogP contribution in [0.3, 0.4) is 0 Å². The first kappa shape index (κ1) is 18.0. The number of ether oxygens (including phenoxy) is 3. The summed E-state index contributed by atoms with van der Waals surface area (Å²) in [5.41, 5.74) is 1.29. The van der Waals surface area contributed by atoms with Crippen LogP contribution in [-0.2, 0) is 23.8 Å². The number of methoxy groups -OCH3 is 2. The molecule has 8 nitrogen and oxygen atoms in total. The Labute approximate surface area is 154 Å². The summed E-state index contributed by atoms with van der Waals surface area (Å²) in [7, 11) is 2.47. The van der Waals surface area contributed by atoms with Crippen molar-refractivity contribution in [2.24, 2.45) is 0 Å². The number of halogens is 1. The number of benzene rings is 1. The van der Waals surface area contributed by atoms with Gasteiger partial charge < -0.3 is 19.1 Å². The molecule has 0 atom stereocenters. The normalized spacial score (nSPS) is 14.3. The highest BCUT2D eigenvalue weighted by molar-refractivity contribution is 6.31. The van der Waals surface area contributed by atoms with E-state index in [4.69, 9.17) is 25.8 Å². The molecule has 0 bridgehead atoms. The van der Waals surface area contributed by atoms with E-state index in [-0.39, 0.29) is 24.6 Å². The molecule has 3 rings (SSSR count). The minimum atomic E-state index is -0.680. The van der Waals surface area contributed by atoms with Crippen LogP contribution in [0.15, 0.2) is 47.9 Å². The van der Waals surface area contributed by atoms with Crippen LogP contribution in [0.2, 0.25) is 5.02 Å². The third-order valence-electron chi connectivity index (χ3n) is 3.81. The highest BCUT2D eigenvalue weighted by Gasteiger charge is 2.33.